The first-order chi connectivity index (χ1) is 5.77. The van der Waals surface area contributed by atoms with Gasteiger partial charge in [-0.05, 0) is 24.3 Å². The summed E-state index contributed by atoms with van der Waals surface area (Å²) in [5.74, 6) is 2.02. The molecule has 0 fully saturated rings. The van der Waals surface area contributed by atoms with E-state index in [-0.39, 0.29) is 0 Å². The number of benzene rings is 1. The predicted octanol–water partition coefficient (Wildman–Crippen LogP) is -0.478. The van der Waals surface area contributed by atoms with Crippen LogP contribution in [0.3, 0.4) is 0 Å². The van der Waals surface area contributed by atoms with Crippen molar-refractivity contribution in [1.29, 1.82) is 5.26 Å². The summed E-state index contributed by atoms with van der Waals surface area (Å²) in [5.41, 5.74) is 0.666. The fourth-order valence-corrected chi connectivity index (χ4v) is 0.859. The lowest BCUT2D eigenvalue weighted by Crippen LogP contribution is -2.09. The average molecular weight is 155 g/mol. The second-order valence-electron chi connectivity index (χ2n) is 2.43. The molecule has 2 nitrogen and oxygen atoms in total. The predicted molar refractivity (Wildman–Crippen MR) is 46.6 cm³/mol. The molecule has 0 aromatic heterocycles. The molecule has 0 aliphatic carbocycles. The van der Waals surface area contributed by atoms with Crippen molar-refractivity contribution in [3.63, 3.8) is 0 Å². The average Bonchev–Trinajstić information content (AvgIpc) is 2.17. The van der Waals surface area contributed by atoms with Gasteiger partial charge in [0.1, 0.15) is 0 Å². The molecule has 57 valence electrons. The first-order valence-electron chi connectivity index (χ1n) is 3.52. The zero-order valence-corrected chi connectivity index (χ0v) is 6.70. The van der Waals surface area contributed by atoms with E-state index in [4.69, 9.17) is 10.7 Å². The monoisotopic (exact) mass is 155 g/mol. The molecule has 1 rings (SSSR count). The third-order valence-electron chi connectivity index (χ3n) is 1.61. The summed E-state index contributed by atoms with van der Waals surface area (Å²) in [6, 6.07) is 9.01. The highest BCUT2D eigenvalue weighted by molar-refractivity contribution is 5.57. The van der Waals surface area contributed by atoms with E-state index in [1.807, 2.05) is 5.87 Å². The van der Waals surface area contributed by atoms with Crippen LogP contribution in [0, 0.1) is 11.3 Å². The molecule has 0 heterocycles. The first kappa shape index (κ1) is 8.26. The number of hydrogen-bond acceptors (Lipinski definition) is 1. The molecule has 1 radical (unpaired) electrons. The molecule has 0 spiro atoms. The van der Waals surface area contributed by atoms with Crippen molar-refractivity contribution in [1.82, 2.24) is 5.41 Å². The number of rotatable bonds is 0. The minimum atomic E-state index is 0.615. The van der Waals surface area contributed by atoms with Crippen LogP contribution < -0.4 is 15.8 Å². The van der Waals surface area contributed by atoms with E-state index < -0.39 is 0 Å². The Morgan fingerprint density at radius 3 is 2.25 bits per heavy atom. The third-order valence-corrected chi connectivity index (χ3v) is 1.61. The summed E-state index contributed by atoms with van der Waals surface area (Å²) in [6.45, 7) is 1.75. The van der Waals surface area contributed by atoms with Gasteiger partial charge in [0.25, 0.3) is 0 Å². The third kappa shape index (κ3) is 1.60. The molecule has 0 N–H and O–H groups in total. The van der Waals surface area contributed by atoms with Gasteiger partial charge in [0, 0.05) is 16.7 Å². The molecule has 12 heavy (non-hydrogen) atoms. The molecule has 0 saturated carbocycles. The Morgan fingerprint density at radius 2 is 1.83 bits per heavy atom. The number of nitrogens with zero attached hydrogens (tertiary/aromatic N) is 2. The minimum Gasteiger partial charge on any atom is -0.193 e. The molecule has 0 aliphatic heterocycles. The number of nitriles is 1. The van der Waals surface area contributed by atoms with Gasteiger partial charge in [0.15, 0.2) is 0 Å². The van der Waals surface area contributed by atoms with Gasteiger partial charge in [-0.3, -0.25) is 0 Å². The highest BCUT2D eigenvalue weighted by Crippen LogP contribution is 1.83. The van der Waals surface area contributed by atoms with E-state index in [1.165, 1.54) is 0 Å². The van der Waals surface area contributed by atoms with Crippen LogP contribution >= 0.6 is 0 Å². The lowest BCUT2D eigenvalue weighted by molar-refractivity contribution is 1.48. The summed E-state index contributed by atoms with van der Waals surface area (Å²) in [7, 11) is 0. The summed E-state index contributed by atoms with van der Waals surface area (Å²) in [6.07, 6.45) is 0. The van der Waals surface area contributed by atoms with Crippen molar-refractivity contribution in [2.45, 2.75) is 6.92 Å². The van der Waals surface area contributed by atoms with Crippen LogP contribution in [0.1, 0.15) is 6.92 Å². The molecule has 0 aliphatic rings. The Bertz CT molecular complexity index is 436. The smallest absolute Gasteiger partial charge is 0.0950 e. The van der Waals surface area contributed by atoms with Crippen molar-refractivity contribution in [3.8, 4) is 6.07 Å². The van der Waals surface area contributed by atoms with Crippen LogP contribution in [0.5, 0.6) is 0 Å². The Labute approximate surface area is 70.6 Å². The molecule has 0 unspecified atom stereocenters. The molecular formula is C10H7N2. The van der Waals surface area contributed by atoms with Crippen LogP contribution in [-0.2, 0) is 0 Å². The van der Waals surface area contributed by atoms with Crippen molar-refractivity contribution in [2.75, 3.05) is 0 Å². The minimum absolute atomic E-state index is 0.615. The maximum Gasteiger partial charge on any atom is 0.0950 e. The normalized spacial score (nSPS) is 8.33. The fraction of sp³-hybridized carbons (Fsp3) is 0.100. The maximum atomic E-state index is 8.56. The van der Waals surface area contributed by atoms with Crippen molar-refractivity contribution in [2.24, 2.45) is 0 Å². The van der Waals surface area contributed by atoms with E-state index in [1.54, 1.807) is 31.2 Å². The second-order valence-corrected chi connectivity index (χ2v) is 2.43. The van der Waals surface area contributed by atoms with Crippen molar-refractivity contribution < 1.29 is 0 Å². The largest absolute Gasteiger partial charge is 0.193 e. The first-order valence-corrected chi connectivity index (χ1v) is 3.52. The van der Waals surface area contributed by atoms with Gasteiger partial charge in [-0.1, -0.05) is 17.5 Å². The fourth-order valence-electron chi connectivity index (χ4n) is 0.859. The lowest BCUT2D eigenvalue weighted by atomic mass is 10.2. The van der Waals surface area contributed by atoms with Crippen LogP contribution in [0.4, 0.5) is 0 Å². The Kier molecular flexibility index (Phi) is 2.42. The highest BCUT2D eigenvalue weighted by Gasteiger charge is 1.85. The van der Waals surface area contributed by atoms with Gasteiger partial charge < -0.3 is 0 Å². The van der Waals surface area contributed by atoms with Crippen LogP contribution in [0.15, 0.2) is 24.3 Å². The van der Waals surface area contributed by atoms with E-state index in [2.05, 4.69) is 6.07 Å². The zero-order chi connectivity index (χ0) is 8.97. The van der Waals surface area contributed by atoms with E-state index in [9.17, 15) is 0 Å². The van der Waals surface area contributed by atoms with Crippen LogP contribution in [0.2, 0.25) is 0 Å². The van der Waals surface area contributed by atoms with Crippen LogP contribution in [0.25, 0.3) is 5.57 Å². The molecule has 1 aromatic carbocycles. The Morgan fingerprint density at radius 1 is 1.25 bits per heavy atom. The van der Waals surface area contributed by atoms with Gasteiger partial charge >= 0.3 is 0 Å². The molecular weight excluding hydrogens is 148 g/mol. The highest BCUT2D eigenvalue weighted by atomic mass is 14.3. The van der Waals surface area contributed by atoms with Crippen molar-refractivity contribution in [3.05, 3.63) is 34.7 Å². The summed E-state index contributed by atoms with van der Waals surface area (Å²) in [5, 5.41) is 18.6. The van der Waals surface area contributed by atoms with Gasteiger partial charge in [0.05, 0.1) is 6.07 Å². The molecule has 0 saturated heterocycles. The van der Waals surface area contributed by atoms with Gasteiger partial charge in [-0.2, -0.15) is 5.26 Å². The molecule has 2 heteroatoms. The van der Waals surface area contributed by atoms with Crippen LogP contribution in [-0.4, -0.2) is 5.87 Å². The van der Waals surface area contributed by atoms with Gasteiger partial charge in [-0.25, -0.2) is 0 Å². The summed E-state index contributed by atoms with van der Waals surface area (Å²) >= 11 is 0. The molecule has 0 bridgehead atoms. The molecule has 1 aromatic rings. The standard InChI is InChI=1S/C10H7N2/c1-8(6-11)10-4-2-9(7-12)3-5-10/h2-5H,1H3. The Balaban J connectivity index is 3.48. The van der Waals surface area contributed by atoms with E-state index in [0.29, 0.717) is 10.8 Å². The summed E-state index contributed by atoms with van der Waals surface area (Å²) < 4.78 is 0. The molecule has 0 amide bonds. The van der Waals surface area contributed by atoms with E-state index >= 15 is 0 Å². The second kappa shape index (κ2) is 3.52. The lowest BCUT2D eigenvalue weighted by Gasteiger charge is -1.86. The zero-order valence-electron chi connectivity index (χ0n) is 6.70. The topological polar surface area (TPSA) is 46.1 Å². The van der Waals surface area contributed by atoms with E-state index in [0.717, 1.165) is 5.22 Å². The summed E-state index contributed by atoms with van der Waals surface area (Å²) in [4.78, 5) is 0. The Hall–Kier alpha value is -1.84. The van der Waals surface area contributed by atoms with Crippen molar-refractivity contribution >= 4 is 11.4 Å². The maximum absolute atomic E-state index is 8.56. The van der Waals surface area contributed by atoms with Gasteiger partial charge in [-0.15, -0.1) is 0 Å². The van der Waals surface area contributed by atoms with Gasteiger partial charge in [0.2, 0.25) is 0 Å². The SMILES string of the molecule is CC(C#N)=c1ccc(=C=[N])cc1. The quantitative estimate of drug-likeness (QED) is 0.467. The molecule has 0 atom stereocenters. The number of hydrogen-bond donors (Lipinski definition) is 0.